The molecule has 0 spiro atoms. The van der Waals surface area contributed by atoms with Gasteiger partial charge in [-0.05, 0) is 34.6 Å². The van der Waals surface area contributed by atoms with E-state index in [1.807, 2.05) is 0 Å². The third-order valence-corrected chi connectivity index (χ3v) is 5.15. The van der Waals surface area contributed by atoms with Gasteiger partial charge >= 0.3 is 12.1 Å². The summed E-state index contributed by atoms with van der Waals surface area (Å²) < 4.78 is 10.6. The minimum atomic E-state index is -1.35. The average Bonchev–Trinajstić information content (AvgIpc) is 2.43. The van der Waals surface area contributed by atoms with E-state index in [4.69, 9.17) is 15.2 Å². The maximum absolute atomic E-state index is 12.7. The quantitative estimate of drug-likeness (QED) is 0.556. The number of nitrogens with two attached hydrogens (primary N) is 1. The van der Waals surface area contributed by atoms with E-state index in [1.165, 1.54) is 16.7 Å². The molecule has 2 amide bonds. The van der Waals surface area contributed by atoms with Crippen LogP contribution in [0.2, 0.25) is 0 Å². The fourth-order valence-electron chi connectivity index (χ4n) is 2.54. The van der Waals surface area contributed by atoms with Crippen molar-refractivity contribution in [3.63, 3.8) is 0 Å². The van der Waals surface area contributed by atoms with Crippen LogP contribution in [0.3, 0.4) is 0 Å². The van der Waals surface area contributed by atoms with Crippen molar-refractivity contribution in [2.24, 2.45) is 5.73 Å². The summed E-state index contributed by atoms with van der Waals surface area (Å²) in [7, 11) is 0. The molecule has 0 aliphatic carbocycles. The van der Waals surface area contributed by atoms with Crippen LogP contribution in [-0.2, 0) is 19.1 Å². The van der Waals surface area contributed by atoms with Gasteiger partial charge in [0.1, 0.15) is 17.0 Å². The maximum atomic E-state index is 12.7. The molecule has 2 heterocycles. The number of rotatable bonds is 3. The van der Waals surface area contributed by atoms with Gasteiger partial charge < -0.3 is 25.4 Å². The third kappa shape index (κ3) is 3.77. The SMILES string of the molecule is CC(C)OC(=O)NC1(C(=O)OC(C)(C)C)CS[C@@H]2C(N)C(=O)N2C1. The van der Waals surface area contributed by atoms with Gasteiger partial charge in [-0.1, -0.05) is 0 Å². The number of alkyl carbamates (subject to hydrolysis) is 1. The molecule has 9 heteroatoms. The summed E-state index contributed by atoms with van der Waals surface area (Å²) in [6.45, 7) is 8.68. The van der Waals surface area contributed by atoms with E-state index in [-0.39, 0.29) is 29.7 Å². The van der Waals surface area contributed by atoms with Crippen molar-refractivity contribution in [1.82, 2.24) is 10.2 Å². The zero-order valence-electron chi connectivity index (χ0n) is 14.6. The average molecular weight is 359 g/mol. The number of β-lactam (4-membered cyclic amide) rings is 1. The number of hydrogen-bond donors (Lipinski definition) is 2. The molecule has 2 rings (SSSR count). The van der Waals surface area contributed by atoms with Crippen molar-refractivity contribution >= 4 is 29.7 Å². The molecule has 2 saturated heterocycles. The van der Waals surface area contributed by atoms with Gasteiger partial charge in [-0.2, -0.15) is 0 Å². The zero-order valence-corrected chi connectivity index (χ0v) is 15.4. The Bertz CT molecular complexity index is 548. The van der Waals surface area contributed by atoms with Gasteiger partial charge in [0.2, 0.25) is 5.91 Å². The first-order valence-electron chi connectivity index (χ1n) is 7.85. The molecule has 0 radical (unpaired) electrons. The number of amides is 2. The smallest absolute Gasteiger partial charge is 0.408 e. The fraction of sp³-hybridized carbons (Fsp3) is 0.800. The Balaban J connectivity index is 2.20. The van der Waals surface area contributed by atoms with Gasteiger partial charge in [-0.3, -0.25) is 4.79 Å². The highest BCUT2D eigenvalue weighted by molar-refractivity contribution is 8.00. The lowest BCUT2D eigenvalue weighted by Crippen LogP contribution is -2.77. The van der Waals surface area contributed by atoms with Gasteiger partial charge in [0.05, 0.1) is 12.6 Å². The molecule has 8 nitrogen and oxygen atoms in total. The number of ether oxygens (including phenoxy) is 2. The summed E-state index contributed by atoms with van der Waals surface area (Å²) in [5, 5.41) is 2.44. The van der Waals surface area contributed by atoms with Gasteiger partial charge in [0.25, 0.3) is 0 Å². The van der Waals surface area contributed by atoms with Crippen molar-refractivity contribution in [2.75, 3.05) is 12.3 Å². The molecule has 3 N–H and O–H groups in total. The monoisotopic (exact) mass is 359 g/mol. The highest BCUT2D eigenvalue weighted by Crippen LogP contribution is 2.38. The van der Waals surface area contributed by atoms with Crippen molar-refractivity contribution in [1.29, 1.82) is 0 Å². The van der Waals surface area contributed by atoms with Crippen LogP contribution in [-0.4, -0.2) is 63.8 Å². The molecule has 2 fully saturated rings. The van der Waals surface area contributed by atoms with Crippen LogP contribution < -0.4 is 11.1 Å². The standard InChI is InChI=1S/C15H25N3O5S/c1-8(2)22-13(21)17-15(12(20)23-14(3,4)5)6-18-10(19)9(16)11(18)24-7-15/h8-9,11H,6-7,16H2,1-5H3,(H,17,21)/t9?,11-,15?/m1/s1. The molecular formula is C15H25N3O5S. The highest BCUT2D eigenvalue weighted by atomic mass is 32.2. The minimum Gasteiger partial charge on any atom is -0.458 e. The van der Waals surface area contributed by atoms with Crippen molar-refractivity contribution in [2.45, 2.75) is 63.3 Å². The molecule has 0 saturated carbocycles. The molecule has 0 aromatic rings. The lowest BCUT2D eigenvalue weighted by molar-refractivity contribution is -0.166. The predicted molar refractivity (Wildman–Crippen MR) is 89.3 cm³/mol. The number of hydrogen-bond acceptors (Lipinski definition) is 7. The maximum Gasteiger partial charge on any atom is 0.408 e. The molecule has 2 aliphatic rings. The summed E-state index contributed by atoms with van der Waals surface area (Å²) >= 11 is 1.36. The third-order valence-electron chi connectivity index (χ3n) is 3.60. The molecule has 2 unspecified atom stereocenters. The van der Waals surface area contributed by atoms with Crippen molar-refractivity contribution in [3.05, 3.63) is 0 Å². The van der Waals surface area contributed by atoms with Crippen LogP contribution in [0.1, 0.15) is 34.6 Å². The Kier molecular flexibility index (Phi) is 5.06. The van der Waals surface area contributed by atoms with Crippen LogP contribution in [0.5, 0.6) is 0 Å². The number of fused-ring (bicyclic) bond motifs is 1. The van der Waals surface area contributed by atoms with E-state index in [0.717, 1.165) is 0 Å². The predicted octanol–water partition coefficient (Wildman–Crippen LogP) is 0.444. The Morgan fingerprint density at radius 2 is 2.04 bits per heavy atom. The molecule has 0 bridgehead atoms. The molecule has 2 aliphatic heterocycles. The first-order chi connectivity index (χ1) is 10.9. The largest absolute Gasteiger partial charge is 0.458 e. The summed E-state index contributed by atoms with van der Waals surface area (Å²) in [6, 6.07) is -0.561. The Morgan fingerprint density at radius 3 is 2.58 bits per heavy atom. The van der Waals surface area contributed by atoms with Crippen LogP contribution in [0.4, 0.5) is 4.79 Å². The van der Waals surface area contributed by atoms with Crippen molar-refractivity contribution < 1.29 is 23.9 Å². The number of carbonyl (C=O) groups is 3. The van der Waals surface area contributed by atoms with Crippen LogP contribution >= 0.6 is 11.8 Å². The van der Waals surface area contributed by atoms with E-state index < -0.39 is 29.2 Å². The number of nitrogens with one attached hydrogen (secondary N) is 1. The van der Waals surface area contributed by atoms with Gasteiger partial charge in [0, 0.05) is 5.75 Å². The van der Waals surface area contributed by atoms with Gasteiger partial charge in [0.15, 0.2) is 5.54 Å². The van der Waals surface area contributed by atoms with E-state index in [2.05, 4.69) is 5.32 Å². The first kappa shape index (κ1) is 18.9. The second-order valence-electron chi connectivity index (χ2n) is 7.36. The fourth-order valence-corrected chi connectivity index (χ4v) is 3.96. The Labute approximate surface area is 145 Å². The van der Waals surface area contributed by atoms with E-state index in [0.29, 0.717) is 0 Å². The van der Waals surface area contributed by atoms with Crippen LogP contribution in [0, 0.1) is 0 Å². The molecule has 136 valence electrons. The Morgan fingerprint density at radius 1 is 1.42 bits per heavy atom. The molecule has 24 heavy (non-hydrogen) atoms. The number of esters is 1. The summed E-state index contributed by atoms with van der Waals surface area (Å²) in [4.78, 5) is 38.3. The number of nitrogens with zero attached hydrogens (tertiary/aromatic N) is 1. The first-order valence-corrected chi connectivity index (χ1v) is 8.90. The second-order valence-corrected chi connectivity index (χ2v) is 8.46. The summed E-state index contributed by atoms with van der Waals surface area (Å²) in [5.74, 6) is -0.564. The normalized spacial score (nSPS) is 29.6. The Hall–Kier alpha value is -1.48. The van der Waals surface area contributed by atoms with Crippen molar-refractivity contribution in [3.8, 4) is 0 Å². The van der Waals surface area contributed by atoms with Crippen LogP contribution in [0.15, 0.2) is 0 Å². The number of thioether (sulfide) groups is 1. The lowest BCUT2D eigenvalue weighted by Gasteiger charge is -2.53. The van der Waals surface area contributed by atoms with Crippen LogP contribution in [0.25, 0.3) is 0 Å². The molecule has 3 atom stereocenters. The van der Waals surface area contributed by atoms with Gasteiger partial charge in [-0.25, -0.2) is 9.59 Å². The molecule has 0 aromatic heterocycles. The summed E-state index contributed by atoms with van der Waals surface area (Å²) in [6.07, 6.45) is -1.05. The number of carbonyl (C=O) groups excluding carboxylic acids is 3. The summed E-state index contributed by atoms with van der Waals surface area (Å²) in [5.41, 5.74) is 3.70. The molecular weight excluding hydrogens is 334 g/mol. The van der Waals surface area contributed by atoms with E-state index >= 15 is 0 Å². The molecule has 0 aromatic carbocycles. The highest BCUT2D eigenvalue weighted by Gasteiger charge is 2.57. The van der Waals surface area contributed by atoms with E-state index in [9.17, 15) is 14.4 Å². The van der Waals surface area contributed by atoms with Gasteiger partial charge in [-0.15, -0.1) is 11.8 Å². The van der Waals surface area contributed by atoms with E-state index in [1.54, 1.807) is 34.6 Å². The topological polar surface area (TPSA) is 111 Å². The minimum absolute atomic E-state index is 0.0271. The second kappa shape index (κ2) is 6.44. The zero-order chi connectivity index (χ0) is 18.3. The lowest BCUT2D eigenvalue weighted by atomic mass is 9.96.